The van der Waals surface area contributed by atoms with Crippen LogP contribution in [0.2, 0.25) is 5.02 Å². The van der Waals surface area contributed by atoms with Crippen LogP contribution >= 0.6 is 11.6 Å². The lowest BCUT2D eigenvalue weighted by molar-refractivity contribution is -0.126. The van der Waals surface area contributed by atoms with Crippen LogP contribution in [-0.4, -0.2) is 34.4 Å². The Morgan fingerprint density at radius 1 is 1.28 bits per heavy atom. The Bertz CT molecular complexity index is 802. The van der Waals surface area contributed by atoms with Gasteiger partial charge < -0.3 is 15.2 Å². The predicted molar refractivity (Wildman–Crippen MR) is 94.5 cm³/mol. The van der Waals surface area contributed by atoms with Crippen molar-refractivity contribution >= 4 is 29.1 Å². The van der Waals surface area contributed by atoms with E-state index in [1.165, 1.54) is 0 Å². The molecule has 25 heavy (non-hydrogen) atoms. The van der Waals surface area contributed by atoms with E-state index < -0.39 is 0 Å². The predicted octanol–water partition coefficient (Wildman–Crippen LogP) is 2.09. The van der Waals surface area contributed by atoms with Gasteiger partial charge in [0.25, 0.3) is 0 Å². The highest BCUT2D eigenvalue weighted by atomic mass is 35.5. The highest BCUT2D eigenvalue weighted by molar-refractivity contribution is 6.30. The summed E-state index contributed by atoms with van der Waals surface area (Å²) in [5, 5.41) is 3.69. The van der Waals surface area contributed by atoms with Gasteiger partial charge in [0.2, 0.25) is 11.8 Å². The number of amides is 2. The van der Waals surface area contributed by atoms with E-state index in [0.29, 0.717) is 24.4 Å². The Kier molecular flexibility index (Phi) is 4.21. The summed E-state index contributed by atoms with van der Waals surface area (Å²) >= 11 is 5.90. The van der Waals surface area contributed by atoms with E-state index in [1.54, 1.807) is 23.4 Å². The van der Waals surface area contributed by atoms with Crippen molar-refractivity contribution in [2.75, 3.05) is 11.4 Å². The van der Waals surface area contributed by atoms with Crippen LogP contribution in [0, 0.1) is 5.92 Å². The van der Waals surface area contributed by atoms with Crippen LogP contribution in [0.3, 0.4) is 0 Å². The lowest BCUT2D eigenvalue weighted by Crippen LogP contribution is -2.42. The van der Waals surface area contributed by atoms with Crippen molar-refractivity contribution in [3.63, 3.8) is 0 Å². The highest BCUT2D eigenvalue weighted by Crippen LogP contribution is 2.25. The maximum absolute atomic E-state index is 12.6. The number of H-pyrrole nitrogens is 1. The molecule has 1 saturated heterocycles. The molecule has 2 aromatic rings. The molecule has 2 unspecified atom stereocenters. The lowest BCUT2D eigenvalue weighted by atomic mass is 9.89. The first-order valence-corrected chi connectivity index (χ1v) is 8.85. The molecule has 130 valence electrons. The van der Waals surface area contributed by atoms with Gasteiger partial charge >= 0.3 is 0 Å². The third-order valence-corrected chi connectivity index (χ3v) is 5.22. The molecule has 2 N–H and O–H groups in total. The first-order valence-electron chi connectivity index (χ1n) is 8.47. The van der Waals surface area contributed by atoms with Crippen LogP contribution in [-0.2, 0) is 22.4 Å². The fourth-order valence-electron chi connectivity index (χ4n) is 3.62. The lowest BCUT2D eigenvalue weighted by Gasteiger charge is -2.23. The number of hydrogen-bond acceptors (Lipinski definition) is 3. The average Bonchev–Trinajstić information content (AvgIpc) is 3.21. The van der Waals surface area contributed by atoms with Crippen molar-refractivity contribution in [3.8, 4) is 0 Å². The standard InChI is InChI=1S/C18H19ClN4O2/c19-12-2-4-14(5-3-12)23-9-13(8-17(23)24)22-18(25)11-1-6-15-16(7-11)21-10-20-15/h2-5,10-11,13H,1,6-9H2,(H,20,21)(H,22,25). The van der Waals surface area contributed by atoms with E-state index in [4.69, 9.17) is 11.6 Å². The summed E-state index contributed by atoms with van der Waals surface area (Å²) < 4.78 is 0. The van der Waals surface area contributed by atoms with Gasteiger partial charge in [0.1, 0.15) is 0 Å². The molecule has 4 rings (SSSR count). The summed E-state index contributed by atoms with van der Waals surface area (Å²) in [6.07, 6.45) is 4.31. The smallest absolute Gasteiger partial charge is 0.229 e. The zero-order valence-electron chi connectivity index (χ0n) is 13.7. The van der Waals surface area contributed by atoms with Gasteiger partial charge in [-0.2, -0.15) is 0 Å². The number of carbonyl (C=O) groups excluding carboxylic acids is 2. The van der Waals surface area contributed by atoms with Gasteiger partial charge in [0.15, 0.2) is 0 Å². The second-order valence-electron chi connectivity index (χ2n) is 6.66. The fourth-order valence-corrected chi connectivity index (χ4v) is 3.74. The SMILES string of the molecule is O=C(NC1CC(=O)N(c2ccc(Cl)cc2)C1)C1CCc2nc[nH]c2C1. The number of imidazole rings is 1. The summed E-state index contributed by atoms with van der Waals surface area (Å²) in [5.41, 5.74) is 2.93. The molecule has 0 bridgehead atoms. The number of aromatic amines is 1. The number of aromatic nitrogens is 2. The van der Waals surface area contributed by atoms with E-state index >= 15 is 0 Å². The molecule has 2 heterocycles. The number of fused-ring (bicyclic) bond motifs is 1. The van der Waals surface area contributed by atoms with Crippen molar-refractivity contribution in [2.24, 2.45) is 5.92 Å². The normalized spacial score (nSPS) is 22.8. The van der Waals surface area contributed by atoms with Crippen LogP contribution in [0.15, 0.2) is 30.6 Å². The Morgan fingerprint density at radius 3 is 2.88 bits per heavy atom. The van der Waals surface area contributed by atoms with E-state index in [9.17, 15) is 9.59 Å². The highest BCUT2D eigenvalue weighted by Gasteiger charge is 2.34. The summed E-state index contributed by atoms with van der Waals surface area (Å²) in [5.74, 6) is -0.0178. The number of nitrogens with zero attached hydrogens (tertiary/aromatic N) is 2. The molecule has 2 atom stereocenters. The zero-order chi connectivity index (χ0) is 17.4. The Hall–Kier alpha value is -2.34. The summed E-state index contributed by atoms with van der Waals surface area (Å²) in [6.45, 7) is 0.494. The molecule has 6 nitrogen and oxygen atoms in total. The second kappa shape index (κ2) is 6.52. The molecule has 2 amide bonds. The van der Waals surface area contributed by atoms with E-state index in [0.717, 1.165) is 29.9 Å². The first-order chi connectivity index (χ1) is 12.1. The van der Waals surface area contributed by atoms with E-state index in [-0.39, 0.29) is 23.8 Å². The van der Waals surface area contributed by atoms with Crippen molar-refractivity contribution in [1.29, 1.82) is 0 Å². The largest absolute Gasteiger partial charge is 0.351 e. The minimum Gasteiger partial charge on any atom is -0.351 e. The van der Waals surface area contributed by atoms with Crippen LogP contribution < -0.4 is 10.2 Å². The van der Waals surface area contributed by atoms with Crippen LogP contribution in [0.5, 0.6) is 0 Å². The van der Waals surface area contributed by atoms with Gasteiger partial charge in [-0.15, -0.1) is 0 Å². The number of rotatable bonds is 3. The number of carbonyl (C=O) groups is 2. The molecule has 1 aromatic carbocycles. The Labute approximate surface area is 150 Å². The fraction of sp³-hybridized carbons (Fsp3) is 0.389. The molecular weight excluding hydrogens is 340 g/mol. The molecular formula is C18H19ClN4O2. The minimum absolute atomic E-state index is 0.0205. The quantitative estimate of drug-likeness (QED) is 0.881. The van der Waals surface area contributed by atoms with Gasteiger partial charge in [-0.3, -0.25) is 9.59 Å². The topological polar surface area (TPSA) is 78.1 Å². The van der Waals surface area contributed by atoms with Gasteiger partial charge in [-0.25, -0.2) is 4.98 Å². The summed E-state index contributed by atoms with van der Waals surface area (Å²) in [4.78, 5) is 34.0. The van der Waals surface area contributed by atoms with Crippen molar-refractivity contribution in [3.05, 3.63) is 47.0 Å². The molecule has 2 aliphatic rings. The maximum Gasteiger partial charge on any atom is 0.229 e. The number of nitrogens with one attached hydrogen (secondary N) is 2. The zero-order valence-corrected chi connectivity index (χ0v) is 14.4. The molecule has 0 saturated carbocycles. The second-order valence-corrected chi connectivity index (χ2v) is 7.09. The Balaban J connectivity index is 1.38. The number of aryl methyl sites for hydroxylation is 1. The van der Waals surface area contributed by atoms with Gasteiger partial charge in [0, 0.05) is 41.7 Å². The maximum atomic E-state index is 12.6. The average molecular weight is 359 g/mol. The van der Waals surface area contributed by atoms with Crippen molar-refractivity contribution in [1.82, 2.24) is 15.3 Å². The molecule has 1 aliphatic heterocycles. The monoisotopic (exact) mass is 358 g/mol. The molecule has 1 aromatic heterocycles. The minimum atomic E-state index is -0.154. The molecule has 0 spiro atoms. The number of anilines is 1. The van der Waals surface area contributed by atoms with Crippen LogP contribution in [0.4, 0.5) is 5.69 Å². The van der Waals surface area contributed by atoms with Gasteiger partial charge in [0.05, 0.1) is 18.1 Å². The molecule has 7 heteroatoms. The molecule has 1 aliphatic carbocycles. The van der Waals surface area contributed by atoms with Gasteiger partial charge in [-0.05, 0) is 37.1 Å². The van der Waals surface area contributed by atoms with Gasteiger partial charge in [-0.1, -0.05) is 11.6 Å². The Morgan fingerprint density at radius 2 is 2.08 bits per heavy atom. The number of halogens is 1. The summed E-state index contributed by atoms with van der Waals surface area (Å²) in [7, 11) is 0. The first kappa shape index (κ1) is 16.1. The third-order valence-electron chi connectivity index (χ3n) is 4.97. The third kappa shape index (κ3) is 3.26. The number of benzene rings is 1. The molecule has 0 radical (unpaired) electrons. The molecule has 1 fully saturated rings. The van der Waals surface area contributed by atoms with Crippen LogP contribution in [0.25, 0.3) is 0 Å². The van der Waals surface area contributed by atoms with Crippen molar-refractivity contribution in [2.45, 2.75) is 31.7 Å². The van der Waals surface area contributed by atoms with Crippen LogP contribution in [0.1, 0.15) is 24.2 Å². The van der Waals surface area contributed by atoms with Crippen molar-refractivity contribution < 1.29 is 9.59 Å². The van der Waals surface area contributed by atoms with E-state index in [2.05, 4.69) is 15.3 Å². The summed E-state index contributed by atoms with van der Waals surface area (Å²) in [6, 6.07) is 7.02. The number of hydrogen-bond donors (Lipinski definition) is 2. The van der Waals surface area contributed by atoms with E-state index in [1.807, 2.05) is 12.1 Å².